The molecule has 1 aliphatic heterocycles. The third kappa shape index (κ3) is 3.01. The molecule has 0 amide bonds. The number of piperidine rings is 1. The topological polar surface area (TPSA) is 73.8 Å². The highest BCUT2D eigenvalue weighted by Gasteiger charge is 2.27. The van der Waals surface area contributed by atoms with Crippen LogP contribution in [0.25, 0.3) is 11.0 Å². The van der Waals surface area contributed by atoms with Gasteiger partial charge in [-0.2, -0.15) is 0 Å². The Kier molecular flexibility index (Phi) is 3.99. The molecule has 0 bridgehead atoms. The van der Waals surface area contributed by atoms with Crippen molar-refractivity contribution in [3.05, 3.63) is 36.0 Å². The zero-order valence-corrected chi connectivity index (χ0v) is 14.9. The van der Waals surface area contributed by atoms with Gasteiger partial charge >= 0.3 is 0 Å². The van der Waals surface area contributed by atoms with Gasteiger partial charge in [-0.25, -0.2) is 19.9 Å². The van der Waals surface area contributed by atoms with E-state index in [2.05, 4.69) is 47.8 Å². The number of nitrogens with one attached hydrogen (secondary N) is 1. The normalized spacial score (nSPS) is 17.9. The van der Waals surface area contributed by atoms with E-state index in [0.29, 0.717) is 6.04 Å². The van der Waals surface area contributed by atoms with Crippen LogP contribution in [-0.4, -0.2) is 51.1 Å². The molecule has 1 atom stereocenters. The van der Waals surface area contributed by atoms with E-state index >= 15 is 0 Å². The number of aryl methyl sites for hydroxylation is 2. The lowest BCUT2D eigenvalue weighted by Crippen LogP contribution is -2.47. The van der Waals surface area contributed by atoms with Gasteiger partial charge < -0.3 is 14.8 Å². The van der Waals surface area contributed by atoms with E-state index < -0.39 is 0 Å². The van der Waals surface area contributed by atoms with E-state index in [4.69, 9.17) is 0 Å². The molecule has 1 saturated heterocycles. The van der Waals surface area contributed by atoms with Crippen molar-refractivity contribution in [3.63, 3.8) is 0 Å². The number of hydrogen-bond donors (Lipinski definition) is 1. The maximum absolute atomic E-state index is 4.56. The third-order valence-electron chi connectivity index (χ3n) is 4.87. The zero-order chi connectivity index (χ0) is 17.4. The number of rotatable bonds is 3. The van der Waals surface area contributed by atoms with Crippen molar-refractivity contribution in [2.24, 2.45) is 0 Å². The smallest absolute Gasteiger partial charge is 0.225 e. The molecule has 7 nitrogen and oxygen atoms in total. The molecule has 0 aliphatic carbocycles. The lowest BCUT2D eigenvalue weighted by atomic mass is 10.0. The summed E-state index contributed by atoms with van der Waals surface area (Å²) in [5, 5.41) is 0. The molecule has 7 heteroatoms. The second-order valence-electron chi connectivity index (χ2n) is 6.76. The fourth-order valence-corrected chi connectivity index (χ4v) is 3.53. The van der Waals surface area contributed by atoms with Crippen molar-refractivity contribution in [3.8, 4) is 0 Å². The molecule has 0 aromatic carbocycles. The van der Waals surface area contributed by atoms with Gasteiger partial charge in [0.2, 0.25) is 5.95 Å². The molecule has 0 saturated carbocycles. The van der Waals surface area contributed by atoms with Crippen LogP contribution >= 0.6 is 0 Å². The van der Waals surface area contributed by atoms with Crippen molar-refractivity contribution in [1.82, 2.24) is 24.9 Å². The number of aromatic nitrogens is 5. The SMILES string of the molecule is Cc1ccnc(N(C)C2CCCN(c3ncnc4cc(C)[nH]c34)C2)n1. The van der Waals surface area contributed by atoms with Crippen molar-refractivity contribution >= 4 is 22.8 Å². The Morgan fingerprint density at radius 1 is 1.24 bits per heavy atom. The number of nitrogens with zero attached hydrogens (tertiary/aromatic N) is 6. The molecular formula is C18H23N7. The van der Waals surface area contributed by atoms with Gasteiger partial charge in [-0.1, -0.05) is 0 Å². The van der Waals surface area contributed by atoms with Crippen LogP contribution in [-0.2, 0) is 0 Å². The van der Waals surface area contributed by atoms with Crippen LogP contribution in [0.15, 0.2) is 24.7 Å². The lowest BCUT2D eigenvalue weighted by Gasteiger charge is -2.38. The Labute approximate surface area is 147 Å². The summed E-state index contributed by atoms with van der Waals surface area (Å²) in [4.78, 5) is 25.9. The minimum absolute atomic E-state index is 0.358. The molecule has 3 aromatic rings. The summed E-state index contributed by atoms with van der Waals surface area (Å²) in [6, 6.07) is 4.35. The van der Waals surface area contributed by atoms with Gasteiger partial charge in [0.1, 0.15) is 11.8 Å². The summed E-state index contributed by atoms with van der Waals surface area (Å²) in [7, 11) is 2.08. The highest BCUT2D eigenvalue weighted by Crippen LogP contribution is 2.27. The van der Waals surface area contributed by atoms with E-state index in [-0.39, 0.29) is 0 Å². The Morgan fingerprint density at radius 2 is 2.12 bits per heavy atom. The summed E-state index contributed by atoms with van der Waals surface area (Å²) >= 11 is 0. The Morgan fingerprint density at radius 3 is 2.96 bits per heavy atom. The lowest BCUT2D eigenvalue weighted by molar-refractivity contribution is 0.481. The van der Waals surface area contributed by atoms with E-state index in [0.717, 1.165) is 60.1 Å². The number of aromatic amines is 1. The maximum atomic E-state index is 4.56. The zero-order valence-electron chi connectivity index (χ0n) is 14.9. The minimum Gasteiger partial charge on any atom is -0.354 e. The Bertz CT molecular complexity index is 888. The Hall–Kier alpha value is -2.70. The van der Waals surface area contributed by atoms with Crippen LogP contribution < -0.4 is 9.80 Å². The average molecular weight is 337 g/mol. The van der Waals surface area contributed by atoms with Gasteiger partial charge in [-0.15, -0.1) is 0 Å². The van der Waals surface area contributed by atoms with Gasteiger partial charge in [0, 0.05) is 43.8 Å². The fraction of sp³-hybridized carbons (Fsp3) is 0.444. The van der Waals surface area contributed by atoms with Gasteiger partial charge in [0.25, 0.3) is 0 Å². The number of fused-ring (bicyclic) bond motifs is 1. The van der Waals surface area contributed by atoms with Crippen molar-refractivity contribution in [2.75, 3.05) is 29.9 Å². The molecule has 3 aromatic heterocycles. The molecule has 0 radical (unpaired) electrons. The minimum atomic E-state index is 0.358. The quantitative estimate of drug-likeness (QED) is 0.791. The van der Waals surface area contributed by atoms with Crippen molar-refractivity contribution in [1.29, 1.82) is 0 Å². The first-order valence-corrected chi connectivity index (χ1v) is 8.69. The predicted octanol–water partition coefficient (Wildman–Crippen LogP) is 2.47. The van der Waals surface area contributed by atoms with Crippen LogP contribution in [0.5, 0.6) is 0 Å². The highest BCUT2D eigenvalue weighted by atomic mass is 15.3. The standard InChI is InChI=1S/C18H23N7/c1-12-6-7-19-18(23-12)24(3)14-5-4-8-25(10-14)17-16-15(20-11-21-17)9-13(2)22-16/h6-7,9,11,14,22H,4-5,8,10H2,1-3H3. The van der Waals surface area contributed by atoms with Gasteiger partial charge in [-0.3, -0.25) is 0 Å². The second-order valence-corrected chi connectivity index (χ2v) is 6.76. The summed E-state index contributed by atoms with van der Waals surface area (Å²) in [6.07, 6.45) is 5.72. The number of H-pyrrole nitrogens is 1. The third-order valence-corrected chi connectivity index (χ3v) is 4.87. The van der Waals surface area contributed by atoms with Crippen LogP contribution in [0.2, 0.25) is 0 Å². The Balaban J connectivity index is 1.60. The van der Waals surface area contributed by atoms with Crippen molar-refractivity contribution in [2.45, 2.75) is 32.7 Å². The fourth-order valence-electron chi connectivity index (χ4n) is 3.53. The summed E-state index contributed by atoms with van der Waals surface area (Å²) in [5.41, 5.74) is 4.09. The average Bonchev–Trinajstić information content (AvgIpc) is 3.01. The molecule has 1 N–H and O–H groups in total. The van der Waals surface area contributed by atoms with Crippen LogP contribution in [0.4, 0.5) is 11.8 Å². The summed E-state index contributed by atoms with van der Waals surface area (Å²) in [5.74, 6) is 1.77. The van der Waals surface area contributed by atoms with Gasteiger partial charge in [0.15, 0.2) is 5.82 Å². The second kappa shape index (κ2) is 6.31. The number of likely N-dealkylation sites (N-methyl/N-ethyl adjacent to an activating group) is 1. The molecule has 4 heterocycles. The molecule has 4 rings (SSSR count). The largest absolute Gasteiger partial charge is 0.354 e. The van der Waals surface area contributed by atoms with Crippen LogP contribution in [0.1, 0.15) is 24.2 Å². The molecule has 25 heavy (non-hydrogen) atoms. The van der Waals surface area contributed by atoms with Crippen LogP contribution in [0.3, 0.4) is 0 Å². The van der Waals surface area contributed by atoms with E-state index in [1.807, 2.05) is 26.1 Å². The van der Waals surface area contributed by atoms with E-state index in [1.165, 1.54) is 0 Å². The van der Waals surface area contributed by atoms with E-state index in [9.17, 15) is 0 Å². The first kappa shape index (κ1) is 15.8. The monoisotopic (exact) mass is 337 g/mol. The summed E-state index contributed by atoms with van der Waals surface area (Å²) in [6.45, 7) is 5.95. The molecule has 1 fully saturated rings. The number of anilines is 2. The van der Waals surface area contributed by atoms with Crippen LogP contribution in [0, 0.1) is 13.8 Å². The highest BCUT2D eigenvalue weighted by molar-refractivity contribution is 5.86. The number of hydrogen-bond acceptors (Lipinski definition) is 6. The van der Waals surface area contributed by atoms with Crippen molar-refractivity contribution < 1.29 is 0 Å². The first-order chi connectivity index (χ1) is 12.1. The maximum Gasteiger partial charge on any atom is 0.225 e. The van der Waals surface area contributed by atoms with E-state index in [1.54, 1.807) is 6.33 Å². The molecule has 1 unspecified atom stereocenters. The van der Waals surface area contributed by atoms with Gasteiger partial charge in [0.05, 0.1) is 5.52 Å². The predicted molar refractivity (Wildman–Crippen MR) is 99.0 cm³/mol. The summed E-state index contributed by atoms with van der Waals surface area (Å²) < 4.78 is 0. The molecule has 0 spiro atoms. The van der Waals surface area contributed by atoms with Gasteiger partial charge in [-0.05, 0) is 38.8 Å². The molecule has 130 valence electrons. The first-order valence-electron chi connectivity index (χ1n) is 8.69. The molecule has 1 aliphatic rings. The molecular weight excluding hydrogens is 314 g/mol.